The summed E-state index contributed by atoms with van der Waals surface area (Å²) in [6.07, 6.45) is 1.63. The smallest absolute Gasteiger partial charge is 0.293 e. The summed E-state index contributed by atoms with van der Waals surface area (Å²) in [4.78, 5) is 36.8. The summed E-state index contributed by atoms with van der Waals surface area (Å²) in [5, 5.41) is 10.7. The fourth-order valence-electron chi connectivity index (χ4n) is 2.61. The molecule has 1 aliphatic rings. The summed E-state index contributed by atoms with van der Waals surface area (Å²) in [5.74, 6) is 0.260. The molecule has 0 unspecified atom stereocenters. The molecule has 0 bridgehead atoms. The van der Waals surface area contributed by atoms with Crippen molar-refractivity contribution in [1.82, 2.24) is 4.90 Å². The lowest BCUT2D eigenvalue weighted by Crippen LogP contribution is -2.27. The fraction of sp³-hybridized carbons (Fsp3) is 0.158. The van der Waals surface area contributed by atoms with E-state index in [1.165, 1.54) is 12.1 Å². The van der Waals surface area contributed by atoms with Crippen molar-refractivity contribution < 1.29 is 19.2 Å². The van der Waals surface area contributed by atoms with E-state index in [1.54, 1.807) is 42.5 Å². The van der Waals surface area contributed by atoms with E-state index in [1.807, 2.05) is 6.92 Å². The van der Waals surface area contributed by atoms with Crippen LogP contribution >= 0.6 is 11.8 Å². The number of benzene rings is 2. The molecule has 8 heteroatoms. The number of hydrogen-bond acceptors (Lipinski definition) is 6. The molecular formula is C19H16N2O5S. The number of carbonyl (C=O) groups is 2. The molecule has 2 aromatic rings. The highest BCUT2D eigenvalue weighted by Crippen LogP contribution is 2.34. The zero-order chi connectivity index (χ0) is 19.4. The molecule has 0 N–H and O–H groups in total. The maximum absolute atomic E-state index is 12.6. The monoisotopic (exact) mass is 384 g/mol. The Morgan fingerprint density at radius 3 is 2.52 bits per heavy atom. The molecule has 138 valence electrons. The molecule has 2 aromatic carbocycles. The van der Waals surface area contributed by atoms with E-state index in [0.29, 0.717) is 12.2 Å². The number of imide groups is 1. The van der Waals surface area contributed by atoms with E-state index in [2.05, 4.69) is 0 Å². The highest BCUT2D eigenvalue weighted by Gasteiger charge is 2.36. The Morgan fingerprint density at radius 2 is 1.85 bits per heavy atom. The Balaban J connectivity index is 1.80. The maximum Gasteiger partial charge on any atom is 0.293 e. The van der Waals surface area contributed by atoms with E-state index >= 15 is 0 Å². The van der Waals surface area contributed by atoms with Crippen LogP contribution in [0.25, 0.3) is 6.08 Å². The first kappa shape index (κ1) is 18.7. The van der Waals surface area contributed by atoms with Gasteiger partial charge in [-0.2, -0.15) is 0 Å². The molecule has 1 saturated heterocycles. The molecule has 7 nitrogen and oxygen atoms in total. The van der Waals surface area contributed by atoms with Crippen molar-refractivity contribution in [1.29, 1.82) is 0 Å². The second kappa shape index (κ2) is 8.05. The summed E-state index contributed by atoms with van der Waals surface area (Å²) in [6.45, 7) is 2.31. The third-order valence-corrected chi connectivity index (χ3v) is 4.79. The molecule has 2 amide bonds. The largest absolute Gasteiger partial charge is 0.494 e. The highest BCUT2D eigenvalue weighted by atomic mass is 32.2. The van der Waals surface area contributed by atoms with Crippen molar-refractivity contribution >= 4 is 34.7 Å². The SMILES string of the molecule is CCOc1ccc(C=C2SC(=O)N(Cc3ccccc3[N+](=O)[O-])C2=O)cc1. The number of nitro groups is 1. The number of hydrogen-bond donors (Lipinski definition) is 0. The van der Waals surface area contributed by atoms with Crippen LogP contribution in [0, 0.1) is 10.1 Å². The van der Waals surface area contributed by atoms with Crippen LogP contribution in [0.1, 0.15) is 18.1 Å². The van der Waals surface area contributed by atoms with E-state index in [-0.39, 0.29) is 17.1 Å². The molecule has 1 aliphatic heterocycles. The standard InChI is InChI=1S/C19H16N2O5S/c1-2-26-15-9-7-13(8-10-15)11-17-18(22)20(19(23)27-17)12-14-5-3-4-6-16(14)21(24)25/h3-11H,2,12H2,1H3. The number of thioether (sulfide) groups is 1. The van der Waals surface area contributed by atoms with Gasteiger partial charge in [0.25, 0.3) is 16.8 Å². The minimum atomic E-state index is -0.524. The Bertz CT molecular complexity index is 924. The van der Waals surface area contributed by atoms with Gasteiger partial charge in [-0.05, 0) is 42.5 Å². The normalized spacial score (nSPS) is 15.4. The van der Waals surface area contributed by atoms with Crippen molar-refractivity contribution in [2.45, 2.75) is 13.5 Å². The average Bonchev–Trinajstić information content (AvgIpc) is 2.91. The van der Waals surface area contributed by atoms with Crippen LogP contribution in [0.4, 0.5) is 10.5 Å². The Morgan fingerprint density at radius 1 is 1.15 bits per heavy atom. The molecular weight excluding hydrogens is 368 g/mol. The fourth-order valence-corrected chi connectivity index (χ4v) is 3.45. The third kappa shape index (κ3) is 4.17. The van der Waals surface area contributed by atoms with E-state index in [4.69, 9.17) is 4.74 Å². The van der Waals surface area contributed by atoms with Crippen molar-refractivity contribution in [3.63, 3.8) is 0 Å². The van der Waals surface area contributed by atoms with Crippen molar-refractivity contribution in [3.8, 4) is 5.75 Å². The number of nitro benzene ring substituents is 1. The predicted molar refractivity (Wildman–Crippen MR) is 102 cm³/mol. The number of amides is 2. The van der Waals surface area contributed by atoms with Gasteiger partial charge in [0.2, 0.25) is 0 Å². The lowest BCUT2D eigenvalue weighted by molar-refractivity contribution is -0.385. The Hall–Kier alpha value is -3.13. The van der Waals surface area contributed by atoms with Crippen LogP contribution in [-0.4, -0.2) is 27.6 Å². The maximum atomic E-state index is 12.6. The molecule has 0 spiro atoms. The number of nitrogens with zero attached hydrogens (tertiary/aromatic N) is 2. The summed E-state index contributed by atoms with van der Waals surface area (Å²) in [7, 11) is 0. The van der Waals surface area contributed by atoms with E-state index in [0.717, 1.165) is 28.0 Å². The predicted octanol–water partition coefficient (Wildman–Crippen LogP) is 4.23. The summed E-state index contributed by atoms with van der Waals surface area (Å²) < 4.78 is 5.37. The van der Waals surface area contributed by atoms with Gasteiger partial charge in [0.1, 0.15) is 5.75 Å². The van der Waals surface area contributed by atoms with E-state index in [9.17, 15) is 19.7 Å². The zero-order valence-corrected chi connectivity index (χ0v) is 15.3. The molecule has 0 aromatic heterocycles. The van der Waals surface area contributed by atoms with Crippen LogP contribution in [0.2, 0.25) is 0 Å². The van der Waals surface area contributed by atoms with Crippen molar-refractivity contribution in [2.75, 3.05) is 6.61 Å². The molecule has 0 atom stereocenters. The second-order valence-corrected chi connectivity index (χ2v) is 6.65. The van der Waals surface area contributed by atoms with Gasteiger partial charge in [0.15, 0.2) is 0 Å². The van der Waals surface area contributed by atoms with Crippen molar-refractivity contribution in [3.05, 3.63) is 74.7 Å². The Labute approximate surface area is 159 Å². The van der Waals surface area contributed by atoms with Gasteiger partial charge in [-0.1, -0.05) is 30.3 Å². The molecule has 1 heterocycles. The minimum Gasteiger partial charge on any atom is -0.494 e. The molecule has 27 heavy (non-hydrogen) atoms. The first-order valence-corrected chi connectivity index (χ1v) is 9.01. The molecule has 3 rings (SSSR count). The second-order valence-electron chi connectivity index (χ2n) is 5.66. The minimum absolute atomic E-state index is 0.118. The van der Waals surface area contributed by atoms with Gasteiger partial charge in [0, 0.05) is 11.6 Å². The highest BCUT2D eigenvalue weighted by molar-refractivity contribution is 8.18. The average molecular weight is 384 g/mol. The van der Waals surface area contributed by atoms with Crippen LogP contribution in [0.5, 0.6) is 5.75 Å². The number of para-hydroxylation sites is 1. The van der Waals surface area contributed by atoms with Crippen LogP contribution < -0.4 is 4.74 Å². The summed E-state index contributed by atoms with van der Waals surface area (Å²) in [5.41, 5.74) is 0.953. The van der Waals surface area contributed by atoms with Gasteiger partial charge < -0.3 is 4.74 Å². The first-order chi connectivity index (χ1) is 13.0. The van der Waals surface area contributed by atoms with Gasteiger partial charge >= 0.3 is 0 Å². The van der Waals surface area contributed by atoms with Crippen LogP contribution in [-0.2, 0) is 11.3 Å². The van der Waals surface area contributed by atoms with Gasteiger partial charge in [-0.3, -0.25) is 24.6 Å². The van der Waals surface area contributed by atoms with Gasteiger partial charge in [-0.25, -0.2) is 0 Å². The number of carbonyl (C=O) groups excluding carboxylic acids is 2. The molecule has 0 radical (unpaired) electrons. The Kier molecular flexibility index (Phi) is 5.56. The topological polar surface area (TPSA) is 89.8 Å². The number of rotatable bonds is 6. The molecule has 0 saturated carbocycles. The molecule has 0 aliphatic carbocycles. The van der Waals surface area contributed by atoms with Gasteiger partial charge in [-0.15, -0.1) is 0 Å². The van der Waals surface area contributed by atoms with E-state index < -0.39 is 16.1 Å². The summed E-state index contributed by atoms with van der Waals surface area (Å²) in [6, 6.07) is 13.2. The van der Waals surface area contributed by atoms with Crippen LogP contribution in [0.3, 0.4) is 0 Å². The third-order valence-electron chi connectivity index (χ3n) is 3.88. The zero-order valence-electron chi connectivity index (χ0n) is 14.5. The molecule has 1 fully saturated rings. The quantitative estimate of drug-likeness (QED) is 0.421. The lowest BCUT2D eigenvalue weighted by Gasteiger charge is -2.12. The number of ether oxygens (including phenoxy) is 1. The van der Waals surface area contributed by atoms with Crippen LogP contribution in [0.15, 0.2) is 53.4 Å². The van der Waals surface area contributed by atoms with Crippen molar-refractivity contribution in [2.24, 2.45) is 0 Å². The van der Waals surface area contributed by atoms with Gasteiger partial charge in [0.05, 0.1) is 23.0 Å². The first-order valence-electron chi connectivity index (χ1n) is 8.20. The lowest BCUT2D eigenvalue weighted by atomic mass is 10.1. The summed E-state index contributed by atoms with van der Waals surface area (Å²) >= 11 is 0.822.